The molecule has 0 radical (unpaired) electrons. The molecule has 0 aromatic carbocycles. The number of rotatable bonds is 0. The van der Waals surface area contributed by atoms with Gasteiger partial charge in [0, 0.05) is 0 Å². The normalized spacial score (nSPS) is 33.7. The van der Waals surface area contributed by atoms with Crippen molar-refractivity contribution in [3.8, 4) is 0 Å². The van der Waals surface area contributed by atoms with Crippen molar-refractivity contribution in [2.75, 3.05) is 0 Å². The second-order valence-electron chi connectivity index (χ2n) is 3.10. The van der Waals surface area contributed by atoms with Gasteiger partial charge in [-0.15, -0.1) is 0 Å². The van der Waals surface area contributed by atoms with E-state index in [0.717, 1.165) is 12.8 Å². The van der Waals surface area contributed by atoms with E-state index >= 15 is 0 Å². The maximum Gasteiger partial charge on any atom is 0.321 e. The zero-order valence-electron chi connectivity index (χ0n) is 6.54. The van der Waals surface area contributed by atoms with E-state index in [-0.39, 0.29) is 23.9 Å². The van der Waals surface area contributed by atoms with Gasteiger partial charge in [0.1, 0.15) is 0 Å². The van der Waals surface area contributed by atoms with Crippen LogP contribution >= 0.6 is 0 Å². The van der Waals surface area contributed by atoms with Crippen molar-refractivity contribution in [1.29, 1.82) is 0 Å². The number of carbonyl (C=O) groups is 2. The predicted molar refractivity (Wildman–Crippen MR) is 42.3 cm³/mol. The van der Waals surface area contributed by atoms with E-state index in [9.17, 15) is 9.59 Å². The fraction of sp³-hybridized carbons (Fsp3) is 0.500. The highest BCUT2D eigenvalue weighted by molar-refractivity contribution is 5.98. The number of hydrogen-bond donors (Lipinski definition) is 2. The lowest BCUT2D eigenvalue weighted by Gasteiger charge is -2.31. The summed E-state index contributed by atoms with van der Waals surface area (Å²) in [6, 6.07) is -0.465. The Morgan fingerprint density at radius 2 is 2.25 bits per heavy atom. The molecule has 2 unspecified atom stereocenters. The van der Waals surface area contributed by atoms with Crippen LogP contribution in [0.4, 0.5) is 4.79 Å². The fourth-order valence-electron chi connectivity index (χ4n) is 1.67. The lowest BCUT2D eigenvalue weighted by molar-refractivity contribution is -0.125. The van der Waals surface area contributed by atoms with Crippen LogP contribution in [0.3, 0.4) is 0 Å². The first kappa shape index (κ1) is 7.34. The van der Waals surface area contributed by atoms with E-state index in [1.165, 1.54) is 0 Å². The van der Waals surface area contributed by atoms with Crippen molar-refractivity contribution in [1.82, 2.24) is 10.6 Å². The molecule has 0 bridgehead atoms. The van der Waals surface area contributed by atoms with Crippen LogP contribution in [0, 0.1) is 5.92 Å². The largest absolute Gasteiger partial charge is 0.331 e. The Labute approximate surface area is 70.0 Å². The number of carbonyl (C=O) groups excluding carboxylic acids is 2. The average molecular weight is 166 g/mol. The van der Waals surface area contributed by atoms with Crippen molar-refractivity contribution in [2.24, 2.45) is 5.92 Å². The number of imide groups is 1. The number of amides is 3. The maximum atomic E-state index is 11.2. The first-order valence-electron chi connectivity index (χ1n) is 4.05. The minimum Gasteiger partial charge on any atom is -0.331 e. The molecule has 4 heteroatoms. The van der Waals surface area contributed by atoms with E-state index in [4.69, 9.17) is 0 Å². The SMILES string of the molecule is O=C1NC(=O)C2CCC=CC2N1. The van der Waals surface area contributed by atoms with Gasteiger partial charge in [0.05, 0.1) is 12.0 Å². The van der Waals surface area contributed by atoms with E-state index < -0.39 is 0 Å². The van der Waals surface area contributed by atoms with Crippen LogP contribution in [0.1, 0.15) is 12.8 Å². The molecule has 2 atom stereocenters. The van der Waals surface area contributed by atoms with Gasteiger partial charge in [0.2, 0.25) is 5.91 Å². The molecule has 2 rings (SSSR count). The van der Waals surface area contributed by atoms with Gasteiger partial charge in [-0.3, -0.25) is 10.1 Å². The van der Waals surface area contributed by atoms with Gasteiger partial charge < -0.3 is 5.32 Å². The number of nitrogens with one attached hydrogen (secondary N) is 2. The van der Waals surface area contributed by atoms with Gasteiger partial charge in [0.25, 0.3) is 0 Å². The van der Waals surface area contributed by atoms with Gasteiger partial charge in [-0.25, -0.2) is 4.79 Å². The molecule has 1 aliphatic carbocycles. The summed E-state index contributed by atoms with van der Waals surface area (Å²) in [6.07, 6.45) is 5.64. The molecule has 0 aromatic heterocycles. The molecule has 0 spiro atoms. The Bertz CT molecular complexity index is 260. The first-order chi connectivity index (χ1) is 5.77. The molecular weight excluding hydrogens is 156 g/mol. The third-order valence-corrected chi connectivity index (χ3v) is 2.29. The molecule has 1 aliphatic heterocycles. The Morgan fingerprint density at radius 3 is 3.08 bits per heavy atom. The molecular formula is C8H10N2O2. The highest BCUT2D eigenvalue weighted by Crippen LogP contribution is 2.20. The molecule has 2 N–H and O–H groups in total. The summed E-state index contributed by atoms with van der Waals surface area (Å²) in [5, 5.41) is 4.95. The molecule has 64 valence electrons. The highest BCUT2D eigenvalue weighted by atomic mass is 16.2. The number of hydrogen-bond acceptors (Lipinski definition) is 2. The van der Waals surface area contributed by atoms with Gasteiger partial charge in [-0.2, -0.15) is 0 Å². The molecule has 1 saturated heterocycles. The molecule has 2 aliphatic rings. The molecule has 1 heterocycles. The van der Waals surface area contributed by atoms with Crippen LogP contribution in [0.5, 0.6) is 0 Å². The van der Waals surface area contributed by atoms with Crippen molar-refractivity contribution in [3.05, 3.63) is 12.2 Å². The number of fused-ring (bicyclic) bond motifs is 1. The number of urea groups is 1. The Balaban J connectivity index is 2.20. The van der Waals surface area contributed by atoms with Crippen molar-refractivity contribution in [3.63, 3.8) is 0 Å². The summed E-state index contributed by atoms with van der Waals surface area (Å²) in [6.45, 7) is 0. The topological polar surface area (TPSA) is 58.2 Å². The quantitative estimate of drug-likeness (QED) is 0.504. The second-order valence-corrected chi connectivity index (χ2v) is 3.10. The van der Waals surface area contributed by atoms with E-state index in [1.807, 2.05) is 12.2 Å². The third kappa shape index (κ3) is 1.09. The van der Waals surface area contributed by atoms with Gasteiger partial charge >= 0.3 is 6.03 Å². The van der Waals surface area contributed by atoms with Crippen molar-refractivity contribution >= 4 is 11.9 Å². The smallest absolute Gasteiger partial charge is 0.321 e. The zero-order chi connectivity index (χ0) is 8.55. The Morgan fingerprint density at radius 1 is 1.42 bits per heavy atom. The summed E-state index contributed by atoms with van der Waals surface area (Å²) in [5.74, 6) is -0.208. The van der Waals surface area contributed by atoms with Gasteiger partial charge in [-0.1, -0.05) is 12.2 Å². The standard InChI is InChI=1S/C8H10N2O2/c11-7-5-3-1-2-4-6(5)9-8(12)10-7/h2,4-6H,1,3H2,(H2,9,10,11,12). The predicted octanol–water partition coefficient (Wildman–Crippen LogP) is 0.161. The summed E-state index contributed by atoms with van der Waals surface area (Å²) >= 11 is 0. The van der Waals surface area contributed by atoms with Crippen molar-refractivity contribution < 1.29 is 9.59 Å². The lowest BCUT2D eigenvalue weighted by Crippen LogP contribution is -2.57. The minimum absolute atomic E-state index is 0.0623. The summed E-state index contributed by atoms with van der Waals surface area (Å²) in [7, 11) is 0. The van der Waals surface area contributed by atoms with Gasteiger partial charge in [-0.05, 0) is 12.8 Å². The van der Waals surface area contributed by atoms with Crippen LogP contribution < -0.4 is 10.6 Å². The first-order valence-corrected chi connectivity index (χ1v) is 4.05. The average Bonchev–Trinajstić information content (AvgIpc) is 2.04. The van der Waals surface area contributed by atoms with Crippen molar-refractivity contribution in [2.45, 2.75) is 18.9 Å². The van der Waals surface area contributed by atoms with Crippen LogP contribution in [-0.4, -0.2) is 18.0 Å². The molecule has 3 amide bonds. The van der Waals surface area contributed by atoms with Crippen LogP contribution in [0.15, 0.2) is 12.2 Å². The van der Waals surface area contributed by atoms with E-state index in [1.54, 1.807) is 0 Å². The monoisotopic (exact) mass is 166 g/mol. The molecule has 12 heavy (non-hydrogen) atoms. The summed E-state index contributed by atoms with van der Waals surface area (Å²) < 4.78 is 0. The summed E-state index contributed by atoms with van der Waals surface area (Å²) in [5.41, 5.74) is 0. The fourth-order valence-corrected chi connectivity index (χ4v) is 1.67. The molecule has 4 nitrogen and oxygen atoms in total. The minimum atomic E-state index is -0.382. The Hall–Kier alpha value is -1.32. The third-order valence-electron chi connectivity index (χ3n) is 2.29. The maximum absolute atomic E-state index is 11.2. The van der Waals surface area contributed by atoms with Crippen LogP contribution in [-0.2, 0) is 4.79 Å². The molecule has 0 aromatic rings. The second kappa shape index (κ2) is 2.62. The lowest BCUT2D eigenvalue weighted by atomic mass is 9.88. The van der Waals surface area contributed by atoms with Gasteiger partial charge in [0.15, 0.2) is 0 Å². The van der Waals surface area contributed by atoms with Crippen LogP contribution in [0.2, 0.25) is 0 Å². The highest BCUT2D eigenvalue weighted by Gasteiger charge is 2.34. The molecule has 1 fully saturated rings. The zero-order valence-corrected chi connectivity index (χ0v) is 6.54. The van der Waals surface area contributed by atoms with E-state index in [0.29, 0.717) is 0 Å². The summed E-state index contributed by atoms with van der Waals surface area (Å²) in [4.78, 5) is 22.1. The molecule has 0 saturated carbocycles. The number of allylic oxidation sites excluding steroid dienone is 1. The van der Waals surface area contributed by atoms with E-state index in [2.05, 4.69) is 10.6 Å². The Kier molecular flexibility index (Phi) is 1.60. The van der Waals surface area contributed by atoms with Crippen LogP contribution in [0.25, 0.3) is 0 Å².